The summed E-state index contributed by atoms with van der Waals surface area (Å²) in [6.07, 6.45) is 7.87. The fourth-order valence-corrected chi connectivity index (χ4v) is 2.18. The first-order chi connectivity index (χ1) is 10.2. The molecule has 0 aliphatic heterocycles. The second-order valence-electron chi connectivity index (χ2n) is 5.26. The Balaban J connectivity index is 2.54. The van der Waals surface area contributed by atoms with Crippen molar-refractivity contribution < 1.29 is 9.90 Å². The zero-order valence-corrected chi connectivity index (χ0v) is 12.9. The zero-order valence-electron chi connectivity index (χ0n) is 12.9. The normalized spacial score (nSPS) is 10.6. The van der Waals surface area contributed by atoms with Crippen LogP contribution in [0.25, 0.3) is 0 Å². The summed E-state index contributed by atoms with van der Waals surface area (Å²) in [6.45, 7) is 3.56. The van der Waals surface area contributed by atoms with Gasteiger partial charge in [0.25, 0.3) is 5.91 Å². The maximum absolute atomic E-state index is 12.4. The van der Waals surface area contributed by atoms with E-state index in [-0.39, 0.29) is 12.5 Å². The molecule has 5 heteroatoms. The van der Waals surface area contributed by atoms with E-state index in [0.717, 1.165) is 12.8 Å². The van der Waals surface area contributed by atoms with Crippen LogP contribution in [0.5, 0.6) is 0 Å². The Morgan fingerprint density at radius 2 is 1.90 bits per heavy atom. The summed E-state index contributed by atoms with van der Waals surface area (Å²) >= 11 is 0. The van der Waals surface area contributed by atoms with Gasteiger partial charge in [-0.15, -0.1) is 0 Å². The molecule has 1 aromatic heterocycles. The Morgan fingerprint density at radius 3 is 2.52 bits per heavy atom. The maximum Gasteiger partial charge on any atom is 0.272 e. The van der Waals surface area contributed by atoms with Crippen molar-refractivity contribution >= 4 is 11.6 Å². The third-order valence-corrected chi connectivity index (χ3v) is 3.41. The highest BCUT2D eigenvalue weighted by Gasteiger charge is 2.16. The van der Waals surface area contributed by atoms with Gasteiger partial charge >= 0.3 is 0 Å². The zero-order chi connectivity index (χ0) is 15.5. The molecule has 0 atom stereocenters. The van der Waals surface area contributed by atoms with Crippen molar-refractivity contribution in [3.05, 3.63) is 24.0 Å². The van der Waals surface area contributed by atoms with Crippen LogP contribution in [0, 0.1) is 0 Å². The van der Waals surface area contributed by atoms with Gasteiger partial charge < -0.3 is 15.7 Å². The number of unbranched alkanes of at least 4 members (excludes halogenated alkanes) is 4. The van der Waals surface area contributed by atoms with Gasteiger partial charge in [-0.2, -0.15) is 0 Å². The van der Waals surface area contributed by atoms with E-state index in [1.165, 1.54) is 25.5 Å². The molecular formula is C16H27N3O2. The molecule has 0 aliphatic carbocycles. The van der Waals surface area contributed by atoms with Gasteiger partial charge in [0.15, 0.2) is 0 Å². The second-order valence-corrected chi connectivity index (χ2v) is 5.26. The van der Waals surface area contributed by atoms with Crippen LogP contribution in [0.4, 0.5) is 5.69 Å². The number of carbonyl (C=O) groups excluding carboxylic acids is 1. The number of nitrogens with two attached hydrogens (primary N) is 1. The van der Waals surface area contributed by atoms with Crippen molar-refractivity contribution in [1.82, 2.24) is 9.88 Å². The summed E-state index contributed by atoms with van der Waals surface area (Å²) in [6, 6.07) is 3.34. The first-order valence-corrected chi connectivity index (χ1v) is 7.80. The molecular weight excluding hydrogens is 266 g/mol. The minimum Gasteiger partial charge on any atom is -0.397 e. The van der Waals surface area contributed by atoms with Crippen molar-refractivity contribution in [3.63, 3.8) is 0 Å². The quantitative estimate of drug-likeness (QED) is 0.649. The van der Waals surface area contributed by atoms with E-state index < -0.39 is 0 Å². The molecule has 1 rings (SSSR count). The minimum absolute atomic E-state index is 0.0843. The molecule has 0 aromatic carbocycles. The molecule has 0 fully saturated rings. The Kier molecular flexibility index (Phi) is 8.43. The second kappa shape index (κ2) is 10.2. The average molecular weight is 293 g/mol. The van der Waals surface area contributed by atoms with Crippen LogP contribution in [0.1, 0.15) is 55.9 Å². The number of aliphatic hydroxyl groups excluding tert-OH is 1. The van der Waals surface area contributed by atoms with Crippen molar-refractivity contribution in [3.8, 4) is 0 Å². The molecule has 1 heterocycles. The lowest BCUT2D eigenvalue weighted by atomic mass is 10.1. The maximum atomic E-state index is 12.4. The molecule has 0 radical (unpaired) electrons. The lowest BCUT2D eigenvalue weighted by Crippen LogP contribution is -2.34. The standard InChI is InChI=1S/C16H27N3O2/c1-2-3-4-5-6-10-19(11-7-12-20)16(21)15-9-8-14(17)13-18-15/h8-9,13,20H,2-7,10-12,17H2,1H3. The highest BCUT2D eigenvalue weighted by atomic mass is 16.3. The largest absolute Gasteiger partial charge is 0.397 e. The highest BCUT2D eigenvalue weighted by molar-refractivity contribution is 5.92. The van der Waals surface area contributed by atoms with Crippen LogP contribution < -0.4 is 5.73 Å². The van der Waals surface area contributed by atoms with Crippen LogP contribution >= 0.6 is 0 Å². The molecule has 118 valence electrons. The fraction of sp³-hybridized carbons (Fsp3) is 0.625. The van der Waals surface area contributed by atoms with E-state index in [9.17, 15) is 4.79 Å². The van der Waals surface area contributed by atoms with Gasteiger partial charge in [0.05, 0.1) is 11.9 Å². The van der Waals surface area contributed by atoms with Gasteiger partial charge in [0.2, 0.25) is 0 Å². The molecule has 0 aliphatic rings. The van der Waals surface area contributed by atoms with Gasteiger partial charge in [-0.05, 0) is 25.0 Å². The SMILES string of the molecule is CCCCCCCN(CCCO)C(=O)c1ccc(N)cn1. The number of hydrogen-bond acceptors (Lipinski definition) is 4. The van der Waals surface area contributed by atoms with Gasteiger partial charge in [-0.3, -0.25) is 4.79 Å². The van der Waals surface area contributed by atoms with E-state index in [4.69, 9.17) is 10.8 Å². The van der Waals surface area contributed by atoms with Crippen LogP contribution in [-0.2, 0) is 0 Å². The first kappa shape index (κ1) is 17.4. The molecule has 1 aromatic rings. The summed E-state index contributed by atoms with van der Waals surface area (Å²) in [5.74, 6) is -0.0843. The smallest absolute Gasteiger partial charge is 0.272 e. The summed E-state index contributed by atoms with van der Waals surface area (Å²) < 4.78 is 0. The van der Waals surface area contributed by atoms with Crippen LogP contribution in [0.2, 0.25) is 0 Å². The number of carbonyl (C=O) groups is 1. The average Bonchev–Trinajstić information content (AvgIpc) is 2.50. The molecule has 1 amide bonds. The van der Waals surface area contributed by atoms with Crippen molar-refractivity contribution in [2.75, 3.05) is 25.4 Å². The van der Waals surface area contributed by atoms with Gasteiger partial charge in [0.1, 0.15) is 5.69 Å². The molecule has 0 saturated carbocycles. The molecule has 5 nitrogen and oxygen atoms in total. The fourth-order valence-electron chi connectivity index (χ4n) is 2.18. The number of nitrogen functional groups attached to an aromatic ring is 1. The highest BCUT2D eigenvalue weighted by Crippen LogP contribution is 2.09. The van der Waals surface area contributed by atoms with Crippen LogP contribution in [-0.4, -0.2) is 40.6 Å². The third-order valence-electron chi connectivity index (χ3n) is 3.41. The number of hydrogen-bond donors (Lipinski definition) is 2. The van der Waals surface area contributed by atoms with E-state index in [1.54, 1.807) is 17.0 Å². The lowest BCUT2D eigenvalue weighted by Gasteiger charge is -2.22. The number of aromatic nitrogens is 1. The molecule has 21 heavy (non-hydrogen) atoms. The summed E-state index contributed by atoms with van der Waals surface area (Å²) in [4.78, 5) is 18.3. The van der Waals surface area contributed by atoms with Crippen molar-refractivity contribution in [1.29, 1.82) is 0 Å². The predicted molar refractivity (Wildman–Crippen MR) is 85.0 cm³/mol. The molecule has 3 N–H and O–H groups in total. The molecule has 0 unspecified atom stereocenters. The topological polar surface area (TPSA) is 79.5 Å². The minimum atomic E-state index is -0.0843. The van der Waals surface area contributed by atoms with E-state index >= 15 is 0 Å². The summed E-state index contributed by atoms with van der Waals surface area (Å²) in [5.41, 5.74) is 6.55. The monoisotopic (exact) mass is 293 g/mol. The third kappa shape index (κ3) is 6.58. The Labute approximate surface area is 127 Å². The number of aliphatic hydroxyl groups is 1. The molecule has 0 spiro atoms. The predicted octanol–water partition coefficient (Wildman–Crippen LogP) is 2.46. The number of anilines is 1. The number of nitrogens with zero attached hydrogens (tertiary/aromatic N) is 2. The van der Waals surface area contributed by atoms with E-state index in [1.807, 2.05) is 0 Å². The van der Waals surface area contributed by atoms with Gasteiger partial charge in [-0.25, -0.2) is 4.98 Å². The molecule has 0 bridgehead atoms. The Hall–Kier alpha value is -1.62. The van der Waals surface area contributed by atoms with E-state index in [2.05, 4.69) is 11.9 Å². The summed E-state index contributed by atoms with van der Waals surface area (Å²) in [7, 11) is 0. The van der Waals surface area contributed by atoms with Crippen molar-refractivity contribution in [2.45, 2.75) is 45.4 Å². The van der Waals surface area contributed by atoms with Crippen molar-refractivity contribution in [2.24, 2.45) is 0 Å². The number of amides is 1. The summed E-state index contributed by atoms with van der Waals surface area (Å²) in [5, 5.41) is 8.98. The van der Waals surface area contributed by atoms with Crippen LogP contribution in [0.3, 0.4) is 0 Å². The number of pyridine rings is 1. The van der Waals surface area contributed by atoms with Gasteiger partial charge in [0, 0.05) is 19.7 Å². The Morgan fingerprint density at radius 1 is 1.19 bits per heavy atom. The Bertz CT molecular complexity index is 406. The lowest BCUT2D eigenvalue weighted by molar-refractivity contribution is 0.0736. The molecule has 0 saturated heterocycles. The first-order valence-electron chi connectivity index (χ1n) is 7.80. The van der Waals surface area contributed by atoms with Gasteiger partial charge in [-0.1, -0.05) is 32.6 Å². The van der Waals surface area contributed by atoms with E-state index in [0.29, 0.717) is 30.9 Å². The van der Waals surface area contributed by atoms with Crippen LogP contribution in [0.15, 0.2) is 18.3 Å². The number of rotatable bonds is 10.